The molecule has 0 atom stereocenters. The van der Waals surface area contributed by atoms with Gasteiger partial charge in [-0.3, -0.25) is 0 Å². The lowest BCUT2D eigenvalue weighted by molar-refractivity contribution is 1.37. The quantitative estimate of drug-likeness (QED) is 0.722. The molecule has 1 heterocycles. The molecule has 3 heteroatoms. The van der Waals surface area contributed by atoms with Crippen molar-refractivity contribution < 1.29 is 0 Å². The van der Waals surface area contributed by atoms with E-state index in [1.54, 1.807) is 11.8 Å². The molecule has 0 amide bonds. The summed E-state index contributed by atoms with van der Waals surface area (Å²) < 4.78 is 0.812. The highest BCUT2D eigenvalue weighted by atomic mass is 32.2. The van der Waals surface area contributed by atoms with Gasteiger partial charge in [-0.15, -0.1) is 0 Å². The molecule has 0 spiro atoms. The summed E-state index contributed by atoms with van der Waals surface area (Å²) in [6, 6.07) is 14.8. The Bertz CT molecular complexity index is 702. The Balaban J connectivity index is 2.15. The van der Waals surface area contributed by atoms with Gasteiger partial charge in [-0.1, -0.05) is 65.9 Å². The van der Waals surface area contributed by atoms with Crippen molar-refractivity contribution in [2.45, 2.75) is 13.8 Å². The highest BCUT2D eigenvalue weighted by Gasteiger charge is 2.20. The van der Waals surface area contributed by atoms with E-state index < -0.39 is 0 Å². The van der Waals surface area contributed by atoms with Crippen molar-refractivity contribution in [1.29, 1.82) is 0 Å². The summed E-state index contributed by atoms with van der Waals surface area (Å²) in [5.41, 5.74) is 6.09. The zero-order valence-corrected chi connectivity index (χ0v) is 13.1. The maximum absolute atomic E-state index is 5.38. The Morgan fingerprint density at radius 3 is 2.60 bits per heavy atom. The van der Waals surface area contributed by atoms with Crippen LogP contribution < -0.4 is 5.32 Å². The van der Waals surface area contributed by atoms with E-state index in [0.29, 0.717) is 0 Å². The van der Waals surface area contributed by atoms with Crippen molar-refractivity contribution in [2.75, 3.05) is 5.32 Å². The first-order chi connectivity index (χ1) is 9.63. The van der Waals surface area contributed by atoms with Gasteiger partial charge in [-0.2, -0.15) is 0 Å². The predicted molar refractivity (Wildman–Crippen MR) is 94.0 cm³/mol. The lowest BCUT2D eigenvalue weighted by atomic mass is 10.0. The Labute approximate surface area is 129 Å². The van der Waals surface area contributed by atoms with Crippen LogP contribution in [0.4, 0.5) is 5.69 Å². The first-order valence-electron chi connectivity index (χ1n) is 6.51. The molecule has 2 aromatic rings. The number of thioether (sulfide) groups is 1. The summed E-state index contributed by atoms with van der Waals surface area (Å²) in [6.45, 7) is 4.25. The van der Waals surface area contributed by atoms with Gasteiger partial charge >= 0.3 is 0 Å². The molecule has 1 aliphatic rings. The van der Waals surface area contributed by atoms with Crippen LogP contribution in [0, 0.1) is 13.8 Å². The number of benzene rings is 2. The number of hydrogen-bond donors (Lipinski definition) is 1. The molecule has 2 aromatic carbocycles. The van der Waals surface area contributed by atoms with Gasteiger partial charge in [0.05, 0.1) is 5.69 Å². The van der Waals surface area contributed by atoms with Gasteiger partial charge in [0.15, 0.2) is 0 Å². The first-order valence-corrected chi connectivity index (χ1v) is 7.73. The average Bonchev–Trinajstić information content (AvgIpc) is 2.41. The number of nitrogens with one attached hydrogen (secondary N) is 1. The highest BCUT2D eigenvalue weighted by molar-refractivity contribution is 8.29. The summed E-state index contributed by atoms with van der Waals surface area (Å²) in [5, 5.41) is 3.32. The Morgan fingerprint density at radius 1 is 1.10 bits per heavy atom. The third-order valence-electron chi connectivity index (χ3n) is 3.27. The van der Waals surface area contributed by atoms with Crippen LogP contribution in [0.1, 0.15) is 22.3 Å². The molecular formula is C17H15NS2. The molecule has 0 saturated heterocycles. The second-order valence-electron chi connectivity index (χ2n) is 4.94. The number of hydrogen-bond acceptors (Lipinski definition) is 2. The van der Waals surface area contributed by atoms with Crippen molar-refractivity contribution in [3.05, 3.63) is 64.7 Å². The molecular weight excluding hydrogens is 282 g/mol. The van der Waals surface area contributed by atoms with E-state index in [4.69, 9.17) is 12.2 Å². The van der Waals surface area contributed by atoms with Crippen LogP contribution in [-0.4, -0.2) is 4.32 Å². The SMILES string of the molecule is Cc1cc(C)c2c(c1)/C(=C/c1ccccc1)SC(=S)N2. The van der Waals surface area contributed by atoms with E-state index in [1.165, 1.54) is 27.2 Å². The first kappa shape index (κ1) is 13.4. The second kappa shape index (κ2) is 5.43. The minimum atomic E-state index is 0.812. The fourth-order valence-electron chi connectivity index (χ4n) is 2.42. The zero-order valence-electron chi connectivity index (χ0n) is 11.4. The molecule has 0 aromatic heterocycles. The zero-order chi connectivity index (χ0) is 14.1. The van der Waals surface area contributed by atoms with Crippen molar-refractivity contribution >= 4 is 45.0 Å². The van der Waals surface area contributed by atoms with Gasteiger partial charge in [-0.05, 0) is 37.1 Å². The summed E-state index contributed by atoms with van der Waals surface area (Å²) >= 11 is 7.00. The molecule has 1 aliphatic heterocycles. The van der Waals surface area contributed by atoms with Gasteiger partial charge < -0.3 is 5.32 Å². The minimum Gasteiger partial charge on any atom is -0.340 e. The van der Waals surface area contributed by atoms with Crippen LogP contribution in [0.2, 0.25) is 0 Å². The maximum Gasteiger partial charge on any atom is 0.143 e. The van der Waals surface area contributed by atoms with Gasteiger partial charge in [0.2, 0.25) is 0 Å². The summed E-state index contributed by atoms with van der Waals surface area (Å²) in [5.74, 6) is 0. The normalized spacial score (nSPS) is 15.9. The van der Waals surface area contributed by atoms with Gasteiger partial charge in [0, 0.05) is 10.5 Å². The van der Waals surface area contributed by atoms with Crippen LogP contribution in [0.5, 0.6) is 0 Å². The molecule has 3 rings (SSSR count). The molecule has 0 aliphatic carbocycles. The molecule has 20 heavy (non-hydrogen) atoms. The fourth-order valence-corrected chi connectivity index (χ4v) is 3.61. The average molecular weight is 297 g/mol. The molecule has 0 unspecified atom stereocenters. The molecule has 0 fully saturated rings. The third kappa shape index (κ3) is 2.65. The molecule has 0 radical (unpaired) electrons. The van der Waals surface area contributed by atoms with E-state index >= 15 is 0 Å². The number of aryl methyl sites for hydroxylation is 2. The Hall–Kier alpha value is -1.58. The van der Waals surface area contributed by atoms with Crippen molar-refractivity contribution in [2.24, 2.45) is 0 Å². The smallest absolute Gasteiger partial charge is 0.143 e. The van der Waals surface area contributed by atoms with Crippen molar-refractivity contribution in [3.63, 3.8) is 0 Å². The van der Waals surface area contributed by atoms with Gasteiger partial charge in [0.1, 0.15) is 4.32 Å². The van der Waals surface area contributed by atoms with E-state index in [9.17, 15) is 0 Å². The van der Waals surface area contributed by atoms with E-state index in [-0.39, 0.29) is 0 Å². The largest absolute Gasteiger partial charge is 0.340 e. The highest BCUT2D eigenvalue weighted by Crippen LogP contribution is 2.42. The molecule has 100 valence electrons. The summed E-state index contributed by atoms with van der Waals surface area (Å²) in [6.07, 6.45) is 2.20. The summed E-state index contributed by atoms with van der Waals surface area (Å²) in [7, 11) is 0. The number of rotatable bonds is 1. The topological polar surface area (TPSA) is 12.0 Å². The molecule has 0 saturated carbocycles. The van der Waals surface area contributed by atoms with Crippen LogP contribution >= 0.6 is 24.0 Å². The summed E-state index contributed by atoms with van der Waals surface area (Å²) in [4.78, 5) is 1.21. The lowest BCUT2D eigenvalue weighted by Gasteiger charge is -2.23. The van der Waals surface area contributed by atoms with Crippen LogP contribution in [0.3, 0.4) is 0 Å². The van der Waals surface area contributed by atoms with Gasteiger partial charge in [-0.25, -0.2) is 0 Å². The lowest BCUT2D eigenvalue weighted by Crippen LogP contribution is -2.13. The Kier molecular flexibility index (Phi) is 3.64. The van der Waals surface area contributed by atoms with Crippen molar-refractivity contribution in [3.8, 4) is 0 Å². The van der Waals surface area contributed by atoms with Crippen molar-refractivity contribution in [1.82, 2.24) is 0 Å². The Morgan fingerprint density at radius 2 is 1.85 bits per heavy atom. The van der Waals surface area contributed by atoms with E-state index in [2.05, 4.69) is 61.6 Å². The molecule has 1 N–H and O–H groups in total. The van der Waals surface area contributed by atoms with E-state index in [1.807, 2.05) is 6.07 Å². The third-order valence-corrected chi connectivity index (χ3v) is 4.47. The van der Waals surface area contributed by atoms with Crippen LogP contribution in [0.15, 0.2) is 42.5 Å². The number of fused-ring (bicyclic) bond motifs is 1. The fraction of sp³-hybridized carbons (Fsp3) is 0.118. The standard InChI is InChI=1S/C17H15NS2/c1-11-8-12(2)16-14(9-11)15(20-17(19)18-16)10-13-6-4-3-5-7-13/h3-10H,1-2H3,(H,18,19)/b15-10-. The van der Waals surface area contributed by atoms with Crippen LogP contribution in [-0.2, 0) is 0 Å². The monoisotopic (exact) mass is 297 g/mol. The molecule has 0 bridgehead atoms. The van der Waals surface area contributed by atoms with E-state index in [0.717, 1.165) is 10.0 Å². The predicted octanol–water partition coefficient (Wildman–Crippen LogP) is 5.25. The second-order valence-corrected chi connectivity index (χ2v) is 6.66. The minimum absolute atomic E-state index is 0.812. The maximum atomic E-state index is 5.38. The van der Waals surface area contributed by atoms with Crippen LogP contribution in [0.25, 0.3) is 11.0 Å². The molecule has 1 nitrogen and oxygen atoms in total. The number of anilines is 1. The number of thiocarbonyl (C=S) groups is 1. The van der Waals surface area contributed by atoms with Gasteiger partial charge in [0.25, 0.3) is 0 Å².